The molecule has 2 rings (SSSR count). The molecule has 0 saturated heterocycles. The van der Waals surface area contributed by atoms with Gasteiger partial charge in [0.15, 0.2) is 0 Å². The van der Waals surface area contributed by atoms with Crippen molar-refractivity contribution in [3.05, 3.63) is 42.2 Å². The number of hydrogen-bond acceptors (Lipinski definition) is 3. The first-order valence-electron chi connectivity index (χ1n) is 6.37. The quantitative estimate of drug-likeness (QED) is 0.873. The summed E-state index contributed by atoms with van der Waals surface area (Å²) in [4.78, 5) is 6.67. The number of benzene rings is 1. The molecule has 3 heteroatoms. The summed E-state index contributed by atoms with van der Waals surface area (Å²) in [5.74, 6) is 0. The third-order valence-corrected chi connectivity index (χ3v) is 3.01. The van der Waals surface area contributed by atoms with Gasteiger partial charge in [0.2, 0.25) is 0 Å². The number of nitrogens with zero attached hydrogens (tertiary/aromatic N) is 2. The lowest BCUT2D eigenvalue weighted by Gasteiger charge is -2.18. The van der Waals surface area contributed by atoms with E-state index in [-0.39, 0.29) is 0 Å². The van der Waals surface area contributed by atoms with E-state index in [2.05, 4.69) is 66.6 Å². The van der Waals surface area contributed by atoms with Crippen LogP contribution in [0, 0.1) is 0 Å². The van der Waals surface area contributed by atoms with Crippen molar-refractivity contribution in [1.82, 2.24) is 15.2 Å². The molecule has 0 aliphatic heterocycles. The van der Waals surface area contributed by atoms with Gasteiger partial charge in [-0.25, -0.2) is 0 Å². The highest BCUT2D eigenvalue weighted by Crippen LogP contribution is 2.15. The fourth-order valence-corrected chi connectivity index (χ4v) is 2.21. The van der Waals surface area contributed by atoms with E-state index in [1.54, 1.807) is 0 Å². The van der Waals surface area contributed by atoms with Crippen LogP contribution >= 0.6 is 0 Å². The van der Waals surface area contributed by atoms with Gasteiger partial charge in [-0.15, -0.1) is 0 Å². The molecule has 3 nitrogen and oxygen atoms in total. The van der Waals surface area contributed by atoms with Crippen molar-refractivity contribution in [2.45, 2.75) is 19.5 Å². The normalized spacial score (nSPS) is 13.1. The van der Waals surface area contributed by atoms with Crippen LogP contribution in [-0.4, -0.2) is 36.6 Å². The molecular formula is C15H21N3. The summed E-state index contributed by atoms with van der Waals surface area (Å²) in [5, 5.41) is 6.01. The van der Waals surface area contributed by atoms with E-state index >= 15 is 0 Å². The maximum atomic E-state index is 4.48. The SMILES string of the molecule is CC(CN(C)C)NCc1nccc2ccccc12. The molecule has 0 bridgehead atoms. The lowest BCUT2D eigenvalue weighted by Crippen LogP contribution is -2.35. The number of aromatic nitrogens is 1. The molecule has 0 spiro atoms. The van der Waals surface area contributed by atoms with Crippen molar-refractivity contribution in [2.75, 3.05) is 20.6 Å². The van der Waals surface area contributed by atoms with Gasteiger partial charge in [-0.1, -0.05) is 24.3 Å². The highest BCUT2D eigenvalue weighted by Gasteiger charge is 2.05. The minimum Gasteiger partial charge on any atom is -0.308 e. The van der Waals surface area contributed by atoms with Gasteiger partial charge < -0.3 is 10.2 Å². The van der Waals surface area contributed by atoms with E-state index < -0.39 is 0 Å². The topological polar surface area (TPSA) is 28.2 Å². The van der Waals surface area contributed by atoms with Crippen molar-refractivity contribution >= 4 is 10.8 Å². The second-order valence-electron chi connectivity index (χ2n) is 5.02. The Balaban J connectivity index is 2.08. The third kappa shape index (κ3) is 3.28. The van der Waals surface area contributed by atoms with E-state index in [0.717, 1.165) is 18.8 Å². The molecule has 0 fully saturated rings. The first-order valence-corrected chi connectivity index (χ1v) is 6.37. The highest BCUT2D eigenvalue weighted by atomic mass is 15.1. The van der Waals surface area contributed by atoms with Crippen molar-refractivity contribution < 1.29 is 0 Å². The summed E-state index contributed by atoms with van der Waals surface area (Å²) in [7, 11) is 4.18. The summed E-state index contributed by atoms with van der Waals surface area (Å²) in [6, 6.07) is 10.9. The zero-order valence-corrected chi connectivity index (χ0v) is 11.4. The van der Waals surface area contributed by atoms with Crippen LogP contribution < -0.4 is 5.32 Å². The maximum absolute atomic E-state index is 4.48. The molecular weight excluding hydrogens is 222 g/mol. The molecule has 0 amide bonds. The van der Waals surface area contributed by atoms with Gasteiger partial charge in [0, 0.05) is 30.7 Å². The summed E-state index contributed by atoms with van der Waals surface area (Å²) >= 11 is 0. The van der Waals surface area contributed by atoms with Crippen LogP contribution in [0.1, 0.15) is 12.6 Å². The zero-order chi connectivity index (χ0) is 13.0. The van der Waals surface area contributed by atoms with Crippen LogP contribution in [0.25, 0.3) is 10.8 Å². The van der Waals surface area contributed by atoms with Crippen LogP contribution in [0.5, 0.6) is 0 Å². The first kappa shape index (κ1) is 13.0. The minimum absolute atomic E-state index is 0.459. The predicted molar refractivity (Wildman–Crippen MR) is 76.6 cm³/mol. The molecule has 0 radical (unpaired) electrons. The molecule has 2 aromatic rings. The molecule has 1 aromatic heterocycles. The van der Waals surface area contributed by atoms with Gasteiger partial charge in [-0.2, -0.15) is 0 Å². The molecule has 0 aliphatic rings. The summed E-state index contributed by atoms with van der Waals surface area (Å²) in [6.07, 6.45) is 1.88. The lowest BCUT2D eigenvalue weighted by molar-refractivity contribution is 0.348. The lowest BCUT2D eigenvalue weighted by atomic mass is 10.1. The standard InChI is InChI=1S/C15H21N3/c1-12(11-18(2)3)17-10-15-14-7-5-4-6-13(14)8-9-16-15/h4-9,12,17H,10-11H2,1-3H3. The van der Waals surface area contributed by atoms with E-state index in [9.17, 15) is 0 Å². The number of likely N-dealkylation sites (N-methyl/N-ethyl adjacent to an activating group) is 1. The smallest absolute Gasteiger partial charge is 0.0619 e. The van der Waals surface area contributed by atoms with Crippen LogP contribution in [0.15, 0.2) is 36.5 Å². The van der Waals surface area contributed by atoms with Gasteiger partial charge in [0.1, 0.15) is 0 Å². The molecule has 1 unspecified atom stereocenters. The Morgan fingerprint density at radius 3 is 2.78 bits per heavy atom. The average molecular weight is 243 g/mol. The summed E-state index contributed by atoms with van der Waals surface area (Å²) in [6.45, 7) is 4.05. The van der Waals surface area contributed by atoms with Crippen molar-refractivity contribution in [1.29, 1.82) is 0 Å². The van der Waals surface area contributed by atoms with Gasteiger partial charge in [0.05, 0.1) is 5.69 Å². The Morgan fingerprint density at radius 1 is 1.22 bits per heavy atom. The monoisotopic (exact) mass is 243 g/mol. The largest absolute Gasteiger partial charge is 0.308 e. The van der Waals surface area contributed by atoms with Crippen molar-refractivity contribution in [3.8, 4) is 0 Å². The molecule has 1 atom stereocenters. The van der Waals surface area contributed by atoms with Crippen molar-refractivity contribution in [2.24, 2.45) is 0 Å². The summed E-state index contributed by atoms with van der Waals surface area (Å²) < 4.78 is 0. The average Bonchev–Trinajstić information content (AvgIpc) is 2.35. The van der Waals surface area contributed by atoms with Gasteiger partial charge in [-0.05, 0) is 32.5 Å². The Morgan fingerprint density at radius 2 is 2.00 bits per heavy atom. The Kier molecular flexibility index (Phi) is 4.28. The highest BCUT2D eigenvalue weighted by molar-refractivity contribution is 5.84. The zero-order valence-electron chi connectivity index (χ0n) is 11.4. The number of nitrogens with one attached hydrogen (secondary N) is 1. The van der Waals surface area contributed by atoms with E-state index in [0.29, 0.717) is 6.04 Å². The minimum atomic E-state index is 0.459. The molecule has 96 valence electrons. The molecule has 18 heavy (non-hydrogen) atoms. The number of pyridine rings is 1. The fraction of sp³-hybridized carbons (Fsp3) is 0.400. The number of fused-ring (bicyclic) bond motifs is 1. The third-order valence-electron chi connectivity index (χ3n) is 3.01. The van der Waals surface area contributed by atoms with Gasteiger partial charge in [-0.3, -0.25) is 4.98 Å². The van der Waals surface area contributed by atoms with Gasteiger partial charge >= 0.3 is 0 Å². The Labute approximate surface area is 109 Å². The van der Waals surface area contributed by atoms with Crippen molar-refractivity contribution in [3.63, 3.8) is 0 Å². The number of hydrogen-bond donors (Lipinski definition) is 1. The maximum Gasteiger partial charge on any atom is 0.0619 e. The van der Waals surface area contributed by atoms with Crippen LogP contribution in [0.4, 0.5) is 0 Å². The van der Waals surface area contributed by atoms with E-state index in [1.165, 1.54) is 10.8 Å². The van der Waals surface area contributed by atoms with E-state index in [4.69, 9.17) is 0 Å². The molecule has 1 N–H and O–H groups in total. The molecule has 1 aromatic carbocycles. The molecule has 0 saturated carbocycles. The fourth-order valence-electron chi connectivity index (χ4n) is 2.21. The summed E-state index contributed by atoms with van der Waals surface area (Å²) in [5.41, 5.74) is 1.12. The van der Waals surface area contributed by atoms with Crippen LogP contribution in [0.3, 0.4) is 0 Å². The van der Waals surface area contributed by atoms with E-state index in [1.807, 2.05) is 6.20 Å². The first-order chi connectivity index (χ1) is 8.66. The predicted octanol–water partition coefficient (Wildman–Crippen LogP) is 2.27. The molecule has 0 aliphatic carbocycles. The number of rotatable bonds is 5. The second kappa shape index (κ2) is 5.94. The molecule has 1 heterocycles. The second-order valence-corrected chi connectivity index (χ2v) is 5.02. The Hall–Kier alpha value is -1.45. The van der Waals surface area contributed by atoms with Crippen LogP contribution in [-0.2, 0) is 6.54 Å². The Bertz CT molecular complexity index is 503. The van der Waals surface area contributed by atoms with Gasteiger partial charge in [0.25, 0.3) is 0 Å². The van der Waals surface area contributed by atoms with Crippen LogP contribution in [0.2, 0.25) is 0 Å².